The lowest BCUT2D eigenvalue weighted by Crippen LogP contribution is -2.49. The molecule has 0 spiro atoms. The van der Waals surface area contributed by atoms with Gasteiger partial charge in [-0.2, -0.15) is 0 Å². The number of hydrogen-bond donors (Lipinski definition) is 2. The van der Waals surface area contributed by atoms with E-state index in [1.807, 2.05) is 48.5 Å². The number of amides is 1. The smallest absolute Gasteiger partial charge is 0.255 e. The molecule has 4 nitrogen and oxygen atoms in total. The van der Waals surface area contributed by atoms with Gasteiger partial charge in [0.2, 0.25) is 0 Å². The Morgan fingerprint density at radius 2 is 1.95 bits per heavy atom. The number of likely N-dealkylation sites (tertiary alicyclic amines) is 1. The van der Waals surface area contributed by atoms with Gasteiger partial charge < -0.3 is 10.4 Å². The monoisotopic (exact) mass is 360 g/mol. The molecule has 0 aromatic heterocycles. The molecule has 2 aromatic rings. The van der Waals surface area contributed by atoms with Crippen molar-refractivity contribution in [2.75, 3.05) is 18.4 Å². The number of β-amino-alcohol motifs (C(OH)–C–C–N with tert-alkyl or cyclic N) is 1. The number of nitrogens with zero attached hydrogens (tertiary/aromatic N) is 1. The van der Waals surface area contributed by atoms with E-state index in [-0.39, 0.29) is 12.0 Å². The molecule has 1 aliphatic rings. The number of carbonyl (C=O) groups excluding carboxylic acids is 1. The molecule has 1 heterocycles. The highest BCUT2D eigenvalue weighted by Crippen LogP contribution is 2.17. The molecule has 0 bridgehead atoms. The Morgan fingerprint density at radius 1 is 1.23 bits per heavy atom. The van der Waals surface area contributed by atoms with E-state index >= 15 is 0 Å². The van der Waals surface area contributed by atoms with Crippen molar-refractivity contribution in [1.82, 2.24) is 4.90 Å². The first-order valence-electron chi connectivity index (χ1n) is 7.16. The van der Waals surface area contributed by atoms with Crippen LogP contribution in [-0.4, -0.2) is 35.1 Å². The molecule has 5 heteroatoms. The van der Waals surface area contributed by atoms with Crippen molar-refractivity contribution in [3.8, 4) is 0 Å². The maximum Gasteiger partial charge on any atom is 0.255 e. The number of aliphatic hydroxyl groups is 1. The Balaban J connectivity index is 1.61. The van der Waals surface area contributed by atoms with E-state index in [2.05, 4.69) is 26.1 Å². The summed E-state index contributed by atoms with van der Waals surface area (Å²) in [5, 5.41) is 12.1. The topological polar surface area (TPSA) is 52.6 Å². The average molecular weight is 361 g/mol. The molecule has 0 radical (unpaired) electrons. The van der Waals surface area contributed by atoms with Crippen LogP contribution in [0.25, 0.3) is 0 Å². The minimum atomic E-state index is -0.185. The second-order valence-electron chi connectivity index (χ2n) is 5.51. The number of hydrogen-bond acceptors (Lipinski definition) is 3. The first-order valence-corrected chi connectivity index (χ1v) is 7.96. The predicted octanol–water partition coefficient (Wildman–Crippen LogP) is 2.88. The minimum absolute atomic E-state index is 0.121. The molecular formula is C17H17BrN2O2. The zero-order valence-electron chi connectivity index (χ0n) is 12.0. The van der Waals surface area contributed by atoms with Crippen molar-refractivity contribution < 1.29 is 9.90 Å². The summed E-state index contributed by atoms with van der Waals surface area (Å²) in [4.78, 5) is 14.4. The van der Waals surface area contributed by atoms with Gasteiger partial charge in [-0.05, 0) is 35.9 Å². The molecule has 1 amide bonds. The van der Waals surface area contributed by atoms with Crippen molar-refractivity contribution in [3.05, 3.63) is 64.1 Å². The van der Waals surface area contributed by atoms with Crippen LogP contribution in [-0.2, 0) is 6.54 Å². The highest BCUT2D eigenvalue weighted by Gasteiger charge is 2.23. The maximum absolute atomic E-state index is 12.2. The first-order chi connectivity index (χ1) is 10.6. The summed E-state index contributed by atoms with van der Waals surface area (Å²) in [6.07, 6.45) is -0.185. The zero-order valence-corrected chi connectivity index (χ0v) is 13.6. The predicted molar refractivity (Wildman–Crippen MR) is 89.8 cm³/mol. The van der Waals surface area contributed by atoms with Gasteiger partial charge in [-0.15, -0.1) is 0 Å². The van der Waals surface area contributed by atoms with Gasteiger partial charge in [0.1, 0.15) is 0 Å². The van der Waals surface area contributed by atoms with Crippen molar-refractivity contribution in [1.29, 1.82) is 0 Å². The van der Waals surface area contributed by atoms with Crippen LogP contribution in [0.15, 0.2) is 53.0 Å². The van der Waals surface area contributed by atoms with Crippen molar-refractivity contribution in [2.45, 2.75) is 12.6 Å². The number of benzene rings is 2. The van der Waals surface area contributed by atoms with E-state index in [0.717, 1.165) is 35.4 Å². The van der Waals surface area contributed by atoms with E-state index in [1.54, 1.807) is 0 Å². The molecule has 0 aliphatic carbocycles. The van der Waals surface area contributed by atoms with Crippen LogP contribution in [0.3, 0.4) is 0 Å². The van der Waals surface area contributed by atoms with E-state index in [4.69, 9.17) is 0 Å². The van der Waals surface area contributed by atoms with Gasteiger partial charge >= 0.3 is 0 Å². The molecule has 2 N–H and O–H groups in total. The van der Waals surface area contributed by atoms with Gasteiger partial charge in [-0.1, -0.05) is 34.1 Å². The zero-order chi connectivity index (χ0) is 15.5. The van der Waals surface area contributed by atoms with Crippen LogP contribution in [0.1, 0.15) is 15.9 Å². The molecular weight excluding hydrogens is 344 g/mol. The maximum atomic E-state index is 12.2. The molecule has 22 heavy (non-hydrogen) atoms. The van der Waals surface area contributed by atoms with Crippen LogP contribution in [0.5, 0.6) is 0 Å². The fourth-order valence-electron chi connectivity index (χ4n) is 2.46. The van der Waals surface area contributed by atoms with Crippen LogP contribution in [0.2, 0.25) is 0 Å². The molecule has 3 rings (SSSR count). The lowest BCUT2D eigenvalue weighted by Gasteiger charge is -2.35. The molecule has 0 atom stereocenters. The summed E-state index contributed by atoms with van der Waals surface area (Å²) in [7, 11) is 0. The summed E-state index contributed by atoms with van der Waals surface area (Å²) in [5.41, 5.74) is 2.54. The minimum Gasteiger partial charge on any atom is -0.390 e. The summed E-state index contributed by atoms with van der Waals surface area (Å²) in [5.74, 6) is -0.121. The molecule has 2 aromatic carbocycles. The SMILES string of the molecule is O=C(Nc1cccc(Br)c1)c1ccc(CN2CC(O)C2)cc1. The Labute approximate surface area is 137 Å². The third-order valence-electron chi connectivity index (χ3n) is 3.64. The number of rotatable bonds is 4. The van der Waals surface area contributed by atoms with E-state index in [1.165, 1.54) is 0 Å². The molecule has 1 fully saturated rings. The third kappa shape index (κ3) is 3.74. The molecule has 1 aliphatic heterocycles. The highest BCUT2D eigenvalue weighted by molar-refractivity contribution is 9.10. The van der Waals surface area contributed by atoms with Crippen molar-refractivity contribution in [2.24, 2.45) is 0 Å². The summed E-state index contributed by atoms with van der Waals surface area (Å²) in [6.45, 7) is 2.26. The molecule has 0 unspecified atom stereocenters. The standard InChI is InChI=1S/C17H17BrN2O2/c18-14-2-1-3-15(8-14)19-17(22)13-6-4-12(5-7-13)9-20-10-16(21)11-20/h1-8,16,21H,9-11H2,(H,19,22). The van der Waals surface area contributed by atoms with Gasteiger partial charge in [0, 0.05) is 35.4 Å². The lowest BCUT2D eigenvalue weighted by atomic mass is 10.1. The molecule has 1 saturated heterocycles. The van der Waals surface area contributed by atoms with Crippen LogP contribution >= 0.6 is 15.9 Å². The van der Waals surface area contributed by atoms with Gasteiger partial charge in [0.15, 0.2) is 0 Å². The summed E-state index contributed by atoms with van der Waals surface area (Å²) < 4.78 is 0.928. The third-order valence-corrected chi connectivity index (χ3v) is 4.14. The van der Waals surface area contributed by atoms with Gasteiger partial charge in [-0.3, -0.25) is 9.69 Å². The summed E-state index contributed by atoms with van der Waals surface area (Å²) in [6, 6.07) is 15.1. The second kappa shape index (κ2) is 6.60. The molecule has 114 valence electrons. The van der Waals surface area contributed by atoms with E-state index < -0.39 is 0 Å². The van der Waals surface area contributed by atoms with Crippen molar-refractivity contribution >= 4 is 27.5 Å². The lowest BCUT2D eigenvalue weighted by molar-refractivity contribution is -0.00286. The van der Waals surface area contributed by atoms with Gasteiger partial charge in [0.05, 0.1) is 6.10 Å². The first kappa shape index (κ1) is 15.2. The van der Waals surface area contributed by atoms with Crippen LogP contribution in [0, 0.1) is 0 Å². The number of nitrogens with one attached hydrogen (secondary N) is 1. The van der Waals surface area contributed by atoms with Crippen LogP contribution < -0.4 is 5.32 Å². The van der Waals surface area contributed by atoms with E-state index in [0.29, 0.717) is 5.56 Å². The van der Waals surface area contributed by atoms with Gasteiger partial charge in [-0.25, -0.2) is 0 Å². The molecule has 0 saturated carbocycles. The quantitative estimate of drug-likeness (QED) is 0.881. The fourth-order valence-corrected chi connectivity index (χ4v) is 2.86. The van der Waals surface area contributed by atoms with Gasteiger partial charge in [0.25, 0.3) is 5.91 Å². The largest absolute Gasteiger partial charge is 0.390 e. The normalized spacial score (nSPS) is 15.4. The van der Waals surface area contributed by atoms with Crippen molar-refractivity contribution in [3.63, 3.8) is 0 Å². The van der Waals surface area contributed by atoms with E-state index in [9.17, 15) is 9.90 Å². The number of halogens is 1. The highest BCUT2D eigenvalue weighted by atomic mass is 79.9. The second-order valence-corrected chi connectivity index (χ2v) is 6.42. The summed E-state index contributed by atoms with van der Waals surface area (Å²) >= 11 is 3.38. The Kier molecular flexibility index (Phi) is 4.57. The van der Waals surface area contributed by atoms with Crippen LogP contribution in [0.4, 0.5) is 5.69 Å². The Hall–Kier alpha value is -1.69. The average Bonchev–Trinajstić information content (AvgIpc) is 2.46. The number of anilines is 1. The Morgan fingerprint density at radius 3 is 2.59 bits per heavy atom. The number of aliphatic hydroxyl groups excluding tert-OH is 1. The Bertz CT molecular complexity index is 667. The number of carbonyl (C=O) groups is 1. The fraction of sp³-hybridized carbons (Fsp3) is 0.235.